The second kappa shape index (κ2) is 3.00. The Morgan fingerprint density at radius 2 is 2.08 bits per heavy atom. The van der Waals surface area contributed by atoms with Crippen molar-refractivity contribution >= 4 is 5.91 Å². The normalized spacial score (nSPS) is 32.4. The van der Waals surface area contributed by atoms with Crippen molar-refractivity contribution in [2.75, 3.05) is 0 Å². The minimum Gasteiger partial charge on any atom is -0.287 e. The average Bonchev–Trinajstić information content (AvgIpc) is 2.45. The van der Waals surface area contributed by atoms with Crippen LogP contribution in [-0.4, -0.2) is 23.0 Å². The highest BCUT2D eigenvalue weighted by Gasteiger charge is 2.39. The van der Waals surface area contributed by atoms with Crippen molar-refractivity contribution in [2.45, 2.75) is 25.9 Å². The van der Waals surface area contributed by atoms with E-state index in [2.05, 4.69) is 25.3 Å². The monoisotopic (exact) mass is 178 g/mol. The third kappa shape index (κ3) is 1.29. The van der Waals surface area contributed by atoms with E-state index >= 15 is 0 Å². The van der Waals surface area contributed by atoms with E-state index in [1.54, 1.807) is 0 Å². The summed E-state index contributed by atoms with van der Waals surface area (Å²) in [4.78, 5) is 11.5. The molecule has 0 aromatic rings. The SMILES string of the molecule is CC(C)N1NC(=O)C2C=CC=CC21. The van der Waals surface area contributed by atoms with Crippen LogP contribution in [0.4, 0.5) is 0 Å². The van der Waals surface area contributed by atoms with E-state index in [0.717, 1.165) is 0 Å². The zero-order valence-corrected chi connectivity index (χ0v) is 7.90. The summed E-state index contributed by atoms with van der Waals surface area (Å²) in [5.41, 5.74) is 2.89. The van der Waals surface area contributed by atoms with Gasteiger partial charge in [-0.3, -0.25) is 10.2 Å². The van der Waals surface area contributed by atoms with Crippen LogP contribution in [0.2, 0.25) is 0 Å². The highest BCUT2D eigenvalue weighted by Crippen LogP contribution is 2.24. The summed E-state index contributed by atoms with van der Waals surface area (Å²) in [6.07, 6.45) is 7.96. The van der Waals surface area contributed by atoms with Gasteiger partial charge in [0.2, 0.25) is 5.91 Å². The van der Waals surface area contributed by atoms with Gasteiger partial charge in [0.15, 0.2) is 0 Å². The molecular formula is C10H14N2O. The van der Waals surface area contributed by atoms with Gasteiger partial charge in [0.1, 0.15) is 0 Å². The number of nitrogens with one attached hydrogen (secondary N) is 1. The molecule has 70 valence electrons. The fourth-order valence-electron chi connectivity index (χ4n) is 1.85. The molecule has 13 heavy (non-hydrogen) atoms. The average molecular weight is 178 g/mol. The van der Waals surface area contributed by atoms with Crippen LogP contribution in [0.5, 0.6) is 0 Å². The summed E-state index contributed by atoms with van der Waals surface area (Å²) >= 11 is 0. The molecule has 0 bridgehead atoms. The van der Waals surface area contributed by atoms with Crippen LogP contribution in [-0.2, 0) is 4.79 Å². The first-order valence-electron chi connectivity index (χ1n) is 4.64. The van der Waals surface area contributed by atoms with Gasteiger partial charge < -0.3 is 0 Å². The molecule has 0 spiro atoms. The number of hydrogen-bond acceptors (Lipinski definition) is 2. The standard InChI is InChI=1S/C10H14N2O/c1-7(2)12-9-6-4-3-5-8(9)10(13)11-12/h3-9H,1-2H3,(H,11,13). The van der Waals surface area contributed by atoms with Gasteiger partial charge in [-0.25, -0.2) is 5.01 Å². The molecule has 3 heteroatoms. The topological polar surface area (TPSA) is 32.3 Å². The molecule has 2 atom stereocenters. The molecule has 2 aliphatic rings. The molecule has 0 radical (unpaired) electrons. The zero-order valence-electron chi connectivity index (χ0n) is 7.90. The second-order valence-electron chi connectivity index (χ2n) is 3.76. The molecule has 0 saturated carbocycles. The van der Waals surface area contributed by atoms with Crippen molar-refractivity contribution in [1.29, 1.82) is 0 Å². The number of hydrazine groups is 1. The molecule has 2 rings (SSSR count). The van der Waals surface area contributed by atoms with E-state index in [1.165, 1.54) is 0 Å². The van der Waals surface area contributed by atoms with E-state index in [9.17, 15) is 4.79 Å². The van der Waals surface area contributed by atoms with Gasteiger partial charge in [-0.15, -0.1) is 0 Å². The van der Waals surface area contributed by atoms with Crippen molar-refractivity contribution in [3.63, 3.8) is 0 Å². The van der Waals surface area contributed by atoms with Crippen LogP contribution in [0.3, 0.4) is 0 Å². The van der Waals surface area contributed by atoms with E-state index in [0.29, 0.717) is 6.04 Å². The van der Waals surface area contributed by atoms with Crippen molar-refractivity contribution < 1.29 is 4.79 Å². The lowest BCUT2D eigenvalue weighted by Gasteiger charge is -2.26. The Morgan fingerprint density at radius 1 is 1.38 bits per heavy atom. The number of rotatable bonds is 1. The molecule has 1 fully saturated rings. The first kappa shape index (κ1) is 8.51. The van der Waals surface area contributed by atoms with Crippen molar-refractivity contribution in [1.82, 2.24) is 10.4 Å². The predicted octanol–water partition coefficient (Wildman–Crippen LogP) is 0.852. The van der Waals surface area contributed by atoms with Crippen LogP contribution in [0.15, 0.2) is 24.3 Å². The molecule has 1 N–H and O–H groups in total. The molecule has 1 aliphatic heterocycles. The van der Waals surface area contributed by atoms with Gasteiger partial charge in [0.25, 0.3) is 0 Å². The number of carbonyl (C=O) groups is 1. The summed E-state index contributed by atoms with van der Waals surface area (Å²) in [7, 11) is 0. The molecule has 2 unspecified atom stereocenters. The molecule has 1 saturated heterocycles. The first-order chi connectivity index (χ1) is 6.20. The molecule has 1 heterocycles. The Hall–Kier alpha value is -1.09. The maximum Gasteiger partial charge on any atom is 0.243 e. The van der Waals surface area contributed by atoms with Crippen LogP contribution < -0.4 is 5.43 Å². The smallest absolute Gasteiger partial charge is 0.243 e. The van der Waals surface area contributed by atoms with E-state index in [-0.39, 0.29) is 17.9 Å². The predicted molar refractivity (Wildman–Crippen MR) is 50.7 cm³/mol. The molecule has 0 aromatic heterocycles. The Labute approximate surface area is 78.1 Å². The fourth-order valence-corrected chi connectivity index (χ4v) is 1.85. The summed E-state index contributed by atoms with van der Waals surface area (Å²) in [6.45, 7) is 4.16. The van der Waals surface area contributed by atoms with E-state index in [1.807, 2.05) is 23.2 Å². The lowest BCUT2D eigenvalue weighted by atomic mass is 9.96. The van der Waals surface area contributed by atoms with Crippen LogP contribution in [0, 0.1) is 5.92 Å². The van der Waals surface area contributed by atoms with Gasteiger partial charge in [-0.2, -0.15) is 0 Å². The molecule has 0 aromatic carbocycles. The lowest BCUT2D eigenvalue weighted by Crippen LogP contribution is -2.43. The van der Waals surface area contributed by atoms with Crippen molar-refractivity contribution in [3.8, 4) is 0 Å². The quantitative estimate of drug-likeness (QED) is 0.645. The number of amides is 1. The third-order valence-electron chi connectivity index (χ3n) is 2.53. The largest absolute Gasteiger partial charge is 0.287 e. The number of hydrogen-bond donors (Lipinski definition) is 1. The summed E-state index contributed by atoms with van der Waals surface area (Å²) < 4.78 is 0. The molecule has 3 nitrogen and oxygen atoms in total. The van der Waals surface area contributed by atoms with Gasteiger partial charge in [0, 0.05) is 6.04 Å². The van der Waals surface area contributed by atoms with E-state index in [4.69, 9.17) is 0 Å². The van der Waals surface area contributed by atoms with Gasteiger partial charge in [0.05, 0.1) is 12.0 Å². The fraction of sp³-hybridized carbons (Fsp3) is 0.500. The van der Waals surface area contributed by atoms with Crippen molar-refractivity contribution in [3.05, 3.63) is 24.3 Å². The minimum atomic E-state index is 0.00685. The second-order valence-corrected chi connectivity index (χ2v) is 3.76. The number of carbonyl (C=O) groups excluding carboxylic acids is 1. The maximum absolute atomic E-state index is 11.5. The zero-order chi connectivity index (χ0) is 9.42. The van der Waals surface area contributed by atoms with Crippen LogP contribution >= 0.6 is 0 Å². The Kier molecular flexibility index (Phi) is 1.96. The van der Waals surface area contributed by atoms with E-state index < -0.39 is 0 Å². The van der Waals surface area contributed by atoms with Gasteiger partial charge >= 0.3 is 0 Å². The summed E-state index contributed by atoms with van der Waals surface area (Å²) in [5.74, 6) is 0.117. The van der Waals surface area contributed by atoms with Crippen LogP contribution in [0.1, 0.15) is 13.8 Å². The highest BCUT2D eigenvalue weighted by molar-refractivity contribution is 5.83. The van der Waals surface area contributed by atoms with Crippen LogP contribution in [0.25, 0.3) is 0 Å². The highest BCUT2D eigenvalue weighted by atomic mass is 16.2. The number of allylic oxidation sites excluding steroid dienone is 2. The number of nitrogens with zero attached hydrogens (tertiary/aromatic N) is 1. The maximum atomic E-state index is 11.5. The molecular weight excluding hydrogens is 164 g/mol. The Balaban J connectivity index is 2.24. The third-order valence-corrected chi connectivity index (χ3v) is 2.53. The van der Waals surface area contributed by atoms with Crippen molar-refractivity contribution in [2.24, 2.45) is 5.92 Å². The lowest BCUT2D eigenvalue weighted by molar-refractivity contribution is -0.123. The van der Waals surface area contributed by atoms with Gasteiger partial charge in [-0.05, 0) is 13.8 Å². The summed E-state index contributed by atoms with van der Waals surface area (Å²) in [5, 5.41) is 2.01. The minimum absolute atomic E-state index is 0.00685. The van der Waals surface area contributed by atoms with Gasteiger partial charge in [-0.1, -0.05) is 24.3 Å². The summed E-state index contributed by atoms with van der Waals surface area (Å²) in [6, 6.07) is 0.549. The first-order valence-corrected chi connectivity index (χ1v) is 4.64. The Morgan fingerprint density at radius 3 is 2.77 bits per heavy atom. The number of fused-ring (bicyclic) bond motifs is 1. The molecule has 1 amide bonds. The Bertz CT molecular complexity index is 281. The molecule has 1 aliphatic carbocycles.